The van der Waals surface area contributed by atoms with Crippen molar-refractivity contribution in [3.8, 4) is 0 Å². The van der Waals surface area contributed by atoms with Crippen LogP contribution in [0, 0.1) is 5.92 Å². The first kappa shape index (κ1) is 23.3. The number of nitrogens with two attached hydrogens (primary N) is 1. The van der Waals surface area contributed by atoms with Crippen LogP contribution in [0.1, 0.15) is 28.8 Å². The first-order valence-electron chi connectivity index (χ1n) is 9.42. The van der Waals surface area contributed by atoms with E-state index in [2.05, 4.69) is 47.6 Å². The maximum atomic E-state index is 10.1. The molecule has 2 aromatic carbocycles. The molecular weight excluding hydrogens is 354 g/mol. The van der Waals surface area contributed by atoms with Crippen LogP contribution in [0.3, 0.4) is 0 Å². The average molecular weight is 386 g/mol. The Balaban J connectivity index is 0.000000276. The highest BCUT2D eigenvalue weighted by molar-refractivity contribution is 5.75. The summed E-state index contributed by atoms with van der Waals surface area (Å²) >= 11 is 0. The first-order chi connectivity index (χ1) is 13.6. The molecule has 1 saturated heterocycles. The fraction of sp³-hybridized carbons (Fsp3) is 0.364. The van der Waals surface area contributed by atoms with Crippen LogP contribution in [0.2, 0.25) is 0 Å². The first-order valence-corrected chi connectivity index (χ1v) is 9.42. The highest BCUT2D eigenvalue weighted by atomic mass is 16.3. The molecule has 1 aliphatic rings. The van der Waals surface area contributed by atoms with Crippen molar-refractivity contribution in [1.82, 2.24) is 10.2 Å². The van der Waals surface area contributed by atoms with Crippen molar-refractivity contribution < 1.29 is 14.7 Å². The van der Waals surface area contributed by atoms with Crippen molar-refractivity contribution in [2.45, 2.75) is 19.4 Å². The van der Waals surface area contributed by atoms with Crippen molar-refractivity contribution in [1.29, 1.82) is 0 Å². The van der Waals surface area contributed by atoms with E-state index in [1.54, 1.807) is 24.3 Å². The molecule has 6 heteroatoms. The Morgan fingerprint density at radius 3 is 2.14 bits per heavy atom. The zero-order valence-electron chi connectivity index (χ0n) is 16.5. The molecule has 0 saturated carbocycles. The van der Waals surface area contributed by atoms with Gasteiger partial charge in [0.2, 0.25) is 0 Å². The molecule has 0 amide bonds. The summed E-state index contributed by atoms with van der Waals surface area (Å²) in [6.07, 6.45) is 3.47. The lowest BCUT2D eigenvalue weighted by molar-refractivity contribution is -0.122. The number of rotatable bonds is 5. The van der Waals surface area contributed by atoms with Crippen molar-refractivity contribution in [3.63, 3.8) is 0 Å². The third-order valence-electron chi connectivity index (χ3n) is 4.52. The number of nitrogens with one attached hydrogen (secondary N) is 1. The molecular formula is C22H31N3O3. The van der Waals surface area contributed by atoms with Gasteiger partial charge in [0.05, 0.1) is 0 Å². The Morgan fingerprint density at radius 2 is 1.64 bits per heavy atom. The molecule has 0 aromatic heterocycles. The number of nitrogens with zero attached hydrogens (tertiary/aromatic N) is 1. The Bertz CT molecular complexity index is 654. The van der Waals surface area contributed by atoms with E-state index in [1.165, 1.54) is 38.0 Å². The van der Waals surface area contributed by atoms with E-state index in [-0.39, 0.29) is 6.47 Å². The monoisotopic (exact) mass is 385 g/mol. The summed E-state index contributed by atoms with van der Waals surface area (Å²) in [5.41, 5.74) is 8.14. The van der Waals surface area contributed by atoms with E-state index in [0.29, 0.717) is 11.3 Å². The molecule has 1 fully saturated rings. The maximum absolute atomic E-state index is 10.1. The number of likely N-dealkylation sites (tertiary alicyclic amines) is 1. The zero-order valence-corrected chi connectivity index (χ0v) is 16.5. The molecule has 0 spiro atoms. The van der Waals surface area contributed by atoms with Crippen LogP contribution >= 0.6 is 0 Å². The molecule has 1 heterocycles. The number of hydrogen-bond donors (Lipinski definition) is 3. The maximum Gasteiger partial charge on any atom is 0.290 e. The van der Waals surface area contributed by atoms with Gasteiger partial charge in [0.1, 0.15) is 6.29 Å². The van der Waals surface area contributed by atoms with Gasteiger partial charge < -0.3 is 16.2 Å². The van der Waals surface area contributed by atoms with Crippen LogP contribution in [0.15, 0.2) is 54.6 Å². The van der Waals surface area contributed by atoms with Gasteiger partial charge in [-0.1, -0.05) is 30.3 Å². The SMILES string of the molecule is CNCC1CCN(Cc2ccccc2)CC1.Nc1ccc(C=O)cc1.O=CO. The van der Waals surface area contributed by atoms with Crippen LogP contribution in [0.4, 0.5) is 5.69 Å². The van der Waals surface area contributed by atoms with Gasteiger partial charge in [0, 0.05) is 17.8 Å². The van der Waals surface area contributed by atoms with Crippen molar-refractivity contribution in [2.75, 3.05) is 32.4 Å². The molecule has 6 nitrogen and oxygen atoms in total. The molecule has 1 aliphatic heterocycles. The van der Waals surface area contributed by atoms with E-state index in [0.717, 1.165) is 18.7 Å². The summed E-state index contributed by atoms with van der Waals surface area (Å²) in [6.45, 7) is 4.55. The number of aldehydes is 1. The van der Waals surface area contributed by atoms with Crippen molar-refractivity contribution in [3.05, 3.63) is 65.7 Å². The molecule has 152 valence electrons. The van der Waals surface area contributed by atoms with E-state index in [1.807, 2.05) is 0 Å². The predicted octanol–water partition coefficient (Wildman–Crippen LogP) is 2.90. The van der Waals surface area contributed by atoms with Crippen LogP contribution < -0.4 is 11.1 Å². The minimum Gasteiger partial charge on any atom is -0.483 e. The van der Waals surface area contributed by atoms with Crippen molar-refractivity contribution in [2.24, 2.45) is 5.92 Å². The topological polar surface area (TPSA) is 95.7 Å². The quantitative estimate of drug-likeness (QED) is 0.541. The van der Waals surface area contributed by atoms with Crippen molar-refractivity contribution >= 4 is 18.4 Å². The van der Waals surface area contributed by atoms with Crippen LogP contribution in [0.5, 0.6) is 0 Å². The lowest BCUT2D eigenvalue weighted by Gasteiger charge is -2.31. The second-order valence-electron chi connectivity index (χ2n) is 6.65. The second kappa shape index (κ2) is 14.4. The molecule has 2 aromatic rings. The molecule has 0 radical (unpaired) electrons. The number of nitrogen functional groups attached to an aromatic ring is 1. The third-order valence-corrected chi connectivity index (χ3v) is 4.52. The van der Waals surface area contributed by atoms with E-state index in [4.69, 9.17) is 15.6 Å². The Morgan fingerprint density at radius 1 is 1.07 bits per heavy atom. The normalized spacial score (nSPS) is 14.0. The minimum absolute atomic E-state index is 0.250. The summed E-state index contributed by atoms with van der Waals surface area (Å²) < 4.78 is 0. The second-order valence-corrected chi connectivity index (χ2v) is 6.65. The predicted molar refractivity (Wildman–Crippen MR) is 113 cm³/mol. The standard InChI is InChI=1S/C14H22N2.C7H7NO.CH2O2/c1-15-11-13-7-9-16(10-8-13)12-14-5-3-2-4-6-14;8-7-3-1-6(5-9)2-4-7;2-1-3/h2-6,13,15H,7-12H2,1H3;1-5H,8H2;1H,(H,2,3). The Kier molecular flexibility index (Phi) is 12.0. The number of carboxylic acid groups (broad SMARTS) is 1. The number of carbonyl (C=O) groups is 2. The van der Waals surface area contributed by atoms with Crippen LogP contribution in [-0.4, -0.2) is 49.4 Å². The van der Waals surface area contributed by atoms with Crippen LogP contribution in [-0.2, 0) is 11.3 Å². The number of hydrogen-bond acceptors (Lipinski definition) is 5. The largest absolute Gasteiger partial charge is 0.483 e. The van der Waals surface area contributed by atoms with E-state index < -0.39 is 0 Å². The number of benzene rings is 2. The highest BCUT2D eigenvalue weighted by Crippen LogP contribution is 2.18. The van der Waals surface area contributed by atoms with Gasteiger partial charge in [-0.25, -0.2) is 0 Å². The average Bonchev–Trinajstić information content (AvgIpc) is 2.72. The third kappa shape index (κ3) is 9.85. The molecule has 3 rings (SSSR count). The number of carbonyl (C=O) groups excluding carboxylic acids is 1. The summed E-state index contributed by atoms with van der Waals surface area (Å²) in [5, 5.41) is 10.2. The molecule has 0 bridgehead atoms. The molecule has 28 heavy (non-hydrogen) atoms. The molecule has 0 unspecified atom stereocenters. The molecule has 0 aliphatic carbocycles. The summed E-state index contributed by atoms with van der Waals surface area (Å²) in [5.74, 6) is 0.886. The highest BCUT2D eigenvalue weighted by Gasteiger charge is 2.18. The zero-order chi connectivity index (χ0) is 20.6. The molecule has 4 N–H and O–H groups in total. The lowest BCUT2D eigenvalue weighted by Crippen LogP contribution is -2.36. The van der Waals surface area contributed by atoms with Gasteiger partial charge in [0.25, 0.3) is 6.47 Å². The lowest BCUT2D eigenvalue weighted by atomic mass is 9.96. The number of piperidine rings is 1. The smallest absolute Gasteiger partial charge is 0.290 e. The Hall–Kier alpha value is -2.70. The van der Waals surface area contributed by atoms with Gasteiger partial charge in [-0.05, 0) is 75.3 Å². The summed E-state index contributed by atoms with van der Waals surface area (Å²) in [4.78, 5) is 21.0. The minimum atomic E-state index is -0.250. The van der Waals surface area contributed by atoms with E-state index >= 15 is 0 Å². The van der Waals surface area contributed by atoms with Gasteiger partial charge in [0.15, 0.2) is 0 Å². The van der Waals surface area contributed by atoms with Gasteiger partial charge in [-0.3, -0.25) is 14.5 Å². The van der Waals surface area contributed by atoms with Crippen LogP contribution in [0.25, 0.3) is 0 Å². The summed E-state index contributed by atoms with van der Waals surface area (Å²) in [6, 6.07) is 17.5. The summed E-state index contributed by atoms with van der Waals surface area (Å²) in [7, 11) is 2.05. The fourth-order valence-corrected chi connectivity index (χ4v) is 3.05. The fourth-order valence-electron chi connectivity index (χ4n) is 3.05. The van der Waals surface area contributed by atoms with Gasteiger partial charge in [-0.15, -0.1) is 0 Å². The van der Waals surface area contributed by atoms with Gasteiger partial charge >= 0.3 is 0 Å². The Labute approximate surface area is 167 Å². The number of anilines is 1. The van der Waals surface area contributed by atoms with Gasteiger partial charge in [-0.2, -0.15) is 0 Å². The van der Waals surface area contributed by atoms with E-state index in [9.17, 15) is 4.79 Å². The molecule has 0 atom stereocenters.